The Labute approximate surface area is 180 Å². The van der Waals surface area contributed by atoms with Crippen LogP contribution < -0.4 is 10.6 Å². The largest absolute Gasteiger partial charge is 0.324 e. The summed E-state index contributed by atoms with van der Waals surface area (Å²) in [5, 5.41) is 5.62. The summed E-state index contributed by atoms with van der Waals surface area (Å²) >= 11 is 0. The van der Waals surface area contributed by atoms with Crippen LogP contribution in [0.15, 0.2) is 78.9 Å². The van der Waals surface area contributed by atoms with Gasteiger partial charge in [-0.3, -0.25) is 14.5 Å². The molecule has 0 unspecified atom stereocenters. The highest BCUT2D eigenvalue weighted by atomic mass is 19.1. The predicted octanol–water partition coefficient (Wildman–Crippen LogP) is 4.68. The summed E-state index contributed by atoms with van der Waals surface area (Å²) < 4.78 is 13.1. The van der Waals surface area contributed by atoms with E-state index in [1.807, 2.05) is 18.2 Å². The first-order valence-corrected chi connectivity index (χ1v) is 10.3. The van der Waals surface area contributed by atoms with Gasteiger partial charge in [-0.25, -0.2) is 4.39 Å². The molecule has 0 bridgehead atoms. The molecule has 0 spiro atoms. The SMILES string of the molecule is O=C(CN(Cc1ccccc1)C1CC1)Nc1ccccc1C(=O)Nc1ccc(F)cc1. The van der Waals surface area contributed by atoms with Crippen molar-refractivity contribution in [2.24, 2.45) is 0 Å². The molecule has 1 fully saturated rings. The Morgan fingerprint density at radius 1 is 0.871 bits per heavy atom. The molecule has 2 amide bonds. The van der Waals surface area contributed by atoms with Crippen molar-refractivity contribution in [2.75, 3.05) is 17.2 Å². The van der Waals surface area contributed by atoms with Crippen LogP contribution in [0.4, 0.5) is 15.8 Å². The van der Waals surface area contributed by atoms with Crippen LogP contribution in [0.25, 0.3) is 0 Å². The third-order valence-corrected chi connectivity index (χ3v) is 5.19. The van der Waals surface area contributed by atoms with E-state index in [-0.39, 0.29) is 24.2 Å². The second kappa shape index (κ2) is 9.53. The molecule has 0 atom stereocenters. The molecule has 0 aliphatic heterocycles. The number of hydrogen-bond donors (Lipinski definition) is 2. The number of hydrogen-bond acceptors (Lipinski definition) is 3. The average molecular weight is 417 g/mol. The quantitative estimate of drug-likeness (QED) is 0.559. The van der Waals surface area contributed by atoms with Crippen LogP contribution in [0.1, 0.15) is 28.8 Å². The second-order valence-electron chi connectivity index (χ2n) is 7.68. The van der Waals surface area contributed by atoms with Crippen molar-refractivity contribution in [1.82, 2.24) is 4.90 Å². The number of nitrogens with zero attached hydrogens (tertiary/aromatic N) is 1. The fourth-order valence-electron chi connectivity index (χ4n) is 3.47. The maximum atomic E-state index is 13.1. The number of nitrogens with one attached hydrogen (secondary N) is 2. The smallest absolute Gasteiger partial charge is 0.257 e. The van der Waals surface area contributed by atoms with Crippen LogP contribution in [0.3, 0.4) is 0 Å². The Morgan fingerprint density at radius 2 is 1.55 bits per heavy atom. The lowest BCUT2D eigenvalue weighted by atomic mass is 10.1. The fraction of sp³-hybridized carbons (Fsp3) is 0.200. The monoisotopic (exact) mass is 417 g/mol. The first kappa shape index (κ1) is 20.8. The molecule has 31 heavy (non-hydrogen) atoms. The molecule has 0 heterocycles. The third kappa shape index (κ3) is 5.77. The van der Waals surface area contributed by atoms with Crippen molar-refractivity contribution in [1.29, 1.82) is 0 Å². The van der Waals surface area contributed by atoms with E-state index < -0.39 is 0 Å². The lowest BCUT2D eigenvalue weighted by Gasteiger charge is -2.22. The highest BCUT2D eigenvalue weighted by Crippen LogP contribution is 2.28. The first-order chi connectivity index (χ1) is 15.1. The van der Waals surface area contributed by atoms with E-state index >= 15 is 0 Å². The van der Waals surface area contributed by atoms with Gasteiger partial charge >= 0.3 is 0 Å². The molecule has 5 nitrogen and oxygen atoms in total. The zero-order chi connectivity index (χ0) is 21.6. The van der Waals surface area contributed by atoms with Gasteiger partial charge in [0.05, 0.1) is 17.8 Å². The summed E-state index contributed by atoms with van der Waals surface area (Å²) in [5.41, 5.74) is 2.44. The van der Waals surface area contributed by atoms with Crippen LogP contribution in [-0.4, -0.2) is 29.3 Å². The van der Waals surface area contributed by atoms with Gasteiger partial charge in [0, 0.05) is 18.3 Å². The van der Waals surface area contributed by atoms with Crippen molar-refractivity contribution in [2.45, 2.75) is 25.4 Å². The van der Waals surface area contributed by atoms with Gasteiger partial charge in [-0.05, 0) is 54.8 Å². The maximum Gasteiger partial charge on any atom is 0.257 e. The summed E-state index contributed by atoms with van der Waals surface area (Å²) in [5.74, 6) is -0.905. The predicted molar refractivity (Wildman–Crippen MR) is 119 cm³/mol. The fourth-order valence-corrected chi connectivity index (χ4v) is 3.47. The van der Waals surface area contributed by atoms with Gasteiger partial charge in [-0.2, -0.15) is 0 Å². The molecule has 4 rings (SSSR count). The number of carbonyl (C=O) groups is 2. The Hall–Kier alpha value is -3.51. The number of amides is 2. The van der Waals surface area contributed by atoms with E-state index in [9.17, 15) is 14.0 Å². The molecule has 158 valence electrons. The van der Waals surface area contributed by atoms with Crippen molar-refractivity contribution in [3.05, 3.63) is 95.8 Å². The minimum atomic E-state index is -0.374. The molecule has 3 aromatic carbocycles. The van der Waals surface area contributed by atoms with Gasteiger partial charge in [0.1, 0.15) is 5.82 Å². The standard InChI is InChI=1S/C25H24FN3O2/c26-19-10-12-20(13-11-19)27-25(31)22-8-4-5-9-23(22)28-24(30)17-29(21-14-15-21)16-18-6-2-1-3-7-18/h1-13,21H,14-17H2,(H,27,31)(H,28,30). The molecule has 0 radical (unpaired) electrons. The third-order valence-electron chi connectivity index (χ3n) is 5.19. The lowest BCUT2D eigenvalue weighted by Crippen LogP contribution is -2.34. The Balaban J connectivity index is 1.42. The Morgan fingerprint density at radius 3 is 2.26 bits per heavy atom. The Kier molecular flexibility index (Phi) is 6.38. The topological polar surface area (TPSA) is 61.4 Å². The van der Waals surface area contributed by atoms with Crippen LogP contribution in [-0.2, 0) is 11.3 Å². The van der Waals surface area contributed by atoms with Crippen molar-refractivity contribution in [3.63, 3.8) is 0 Å². The summed E-state index contributed by atoms with van der Waals surface area (Å²) in [4.78, 5) is 27.7. The minimum Gasteiger partial charge on any atom is -0.324 e. The molecular weight excluding hydrogens is 393 g/mol. The van der Waals surface area contributed by atoms with Crippen LogP contribution >= 0.6 is 0 Å². The van der Waals surface area contributed by atoms with Crippen molar-refractivity contribution < 1.29 is 14.0 Å². The Bertz CT molecular complexity index is 1050. The van der Waals surface area contributed by atoms with Crippen LogP contribution in [0, 0.1) is 5.82 Å². The van der Waals surface area contributed by atoms with E-state index in [1.165, 1.54) is 29.8 Å². The molecule has 1 aliphatic rings. The van der Waals surface area contributed by atoms with Crippen LogP contribution in [0.2, 0.25) is 0 Å². The summed E-state index contributed by atoms with van der Waals surface area (Å²) in [7, 11) is 0. The first-order valence-electron chi connectivity index (χ1n) is 10.3. The molecule has 6 heteroatoms. The second-order valence-corrected chi connectivity index (χ2v) is 7.68. The molecule has 2 N–H and O–H groups in total. The van der Waals surface area contributed by atoms with Gasteiger partial charge in [0.2, 0.25) is 5.91 Å². The van der Waals surface area contributed by atoms with Gasteiger partial charge in [-0.1, -0.05) is 42.5 Å². The number of carbonyl (C=O) groups excluding carboxylic acids is 2. The number of para-hydroxylation sites is 1. The van der Waals surface area contributed by atoms with Crippen LogP contribution in [0.5, 0.6) is 0 Å². The highest BCUT2D eigenvalue weighted by molar-refractivity contribution is 6.10. The van der Waals surface area contributed by atoms with Gasteiger partial charge in [-0.15, -0.1) is 0 Å². The molecular formula is C25H24FN3O2. The maximum absolute atomic E-state index is 13.1. The average Bonchev–Trinajstić information content (AvgIpc) is 3.61. The van der Waals surface area contributed by atoms with Gasteiger partial charge < -0.3 is 10.6 Å². The molecule has 0 saturated heterocycles. The number of benzene rings is 3. The lowest BCUT2D eigenvalue weighted by molar-refractivity contribution is -0.117. The molecule has 0 aromatic heterocycles. The van der Waals surface area contributed by atoms with Gasteiger partial charge in [0.15, 0.2) is 0 Å². The number of halogens is 1. The zero-order valence-electron chi connectivity index (χ0n) is 17.1. The number of rotatable bonds is 8. The molecule has 3 aromatic rings. The molecule has 1 saturated carbocycles. The van der Waals surface area contributed by atoms with E-state index in [0.717, 1.165) is 12.8 Å². The normalized spacial score (nSPS) is 13.1. The van der Waals surface area contributed by atoms with E-state index in [4.69, 9.17) is 0 Å². The summed E-state index contributed by atoms with van der Waals surface area (Å²) in [6, 6.07) is 22.9. The zero-order valence-corrected chi connectivity index (χ0v) is 17.1. The van der Waals surface area contributed by atoms with E-state index in [0.29, 0.717) is 29.5 Å². The summed E-state index contributed by atoms with van der Waals surface area (Å²) in [6.07, 6.45) is 2.19. The van der Waals surface area contributed by atoms with E-state index in [2.05, 4.69) is 27.7 Å². The number of anilines is 2. The highest BCUT2D eigenvalue weighted by Gasteiger charge is 2.30. The van der Waals surface area contributed by atoms with E-state index in [1.54, 1.807) is 24.3 Å². The van der Waals surface area contributed by atoms with Crippen molar-refractivity contribution >= 4 is 23.2 Å². The van der Waals surface area contributed by atoms with Gasteiger partial charge in [0.25, 0.3) is 5.91 Å². The minimum absolute atomic E-state index is 0.162. The summed E-state index contributed by atoms with van der Waals surface area (Å²) in [6.45, 7) is 0.971. The van der Waals surface area contributed by atoms with Crippen molar-refractivity contribution in [3.8, 4) is 0 Å². The molecule has 1 aliphatic carbocycles.